The Labute approximate surface area is 147 Å². The summed E-state index contributed by atoms with van der Waals surface area (Å²) in [7, 11) is -3.84. The summed E-state index contributed by atoms with van der Waals surface area (Å²) in [6, 6.07) is 3.24. The summed E-state index contributed by atoms with van der Waals surface area (Å²) in [4.78, 5) is 11.3. The fourth-order valence-electron chi connectivity index (χ4n) is 2.52. The van der Waals surface area contributed by atoms with Gasteiger partial charge in [0.1, 0.15) is 4.90 Å². The molecule has 0 unspecified atom stereocenters. The number of carboxylic acids is 1. The molecule has 0 amide bonds. The number of aromatic nitrogens is 2. The number of nitrogens with zero attached hydrogens (tertiary/aromatic N) is 2. The number of rotatable bonds is 5. The fraction of sp³-hybridized carbons (Fsp3) is 0.333. The van der Waals surface area contributed by atoms with E-state index >= 15 is 0 Å². The Morgan fingerprint density at radius 1 is 1.42 bits per heavy atom. The third-order valence-electron chi connectivity index (χ3n) is 4.18. The van der Waals surface area contributed by atoms with Crippen LogP contribution in [0.2, 0.25) is 0 Å². The van der Waals surface area contributed by atoms with Crippen molar-refractivity contribution < 1.29 is 18.3 Å². The molecule has 0 spiro atoms. The van der Waals surface area contributed by atoms with Gasteiger partial charge < -0.3 is 5.11 Å². The highest BCUT2D eigenvalue weighted by Gasteiger charge is 2.24. The normalized spacial score (nSPS) is 15.1. The second-order valence-electron chi connectivity index (χ2n) is 5.78. The predicted molar refractivity (Wildman–Crippen MR) is 91.8 cm³/mol. The summed E-state index contributed by atoms with van der Waals surface area (Å²) < 4.78 is 29.7. The van der Waals surface area contributed by atoms with Crippen molar-refractivity contribution in [3.8, 4) is 0 Å². The van der Waals surface area contributed by atoms with Crippen molar-refractivity contribution in [2.45, 2.75) is 37.1 Å². The number of sulfonamides is 1. The van der Waals surface area contributed by atoms with Crippen molar-refractivity contribution >= 4 is 37.6 Å². The van der Waals surface area contributed by atoms with Crippen LogP contribution in [0.3, 0.4) is 0 Å². The zero-order chi connectivity index (χ0) is 17.5. The largest absolute Gasteiger partial charge is 0.478 e. The molecule has 1 saturated carbocycles. The van der Waals surface area contributed by atoms with Crippen LogP contribution in [0.4, 0.5) is 5.69 Å². The predicted octanol–water partition coefficient (Wildman–Crippen LogP) is 3.18. The summed E-state index contributed by atoms with van der Waals surface area (Å²) in [6.45, 7) is 1.56. The molecule has 0 atom stereocenters. The minimum Gasteiger partial charge on any atom is -0.478 e. The van der Waals surface area contributed by atoms with Crippen LogP contribution in [0.15, 0.2) is 33.9 Å². The Kier molecular flexibility index (Phi) is 4.39. The molecule has 0 bridgehead atoms. The Balaban J connectivity index is 1.92. The third-order valence-corrected chi connectivity index (χ3v) is 5.96. The summed E-state index contributed by atoms with van der Waals surface area (Å²) >= 11 is 3.20. The van der Waals surface area contributed by atoms with E-state index in [0.717, 1.165) is 19.3 Å². The Morgan fingerprint density at radius 3 is 2.71 bits per heavy atom. The second kappa shape index (κ2) is 6.21. The molecule has 9 heteroatoms. The molecule has 0 saturated heterocycles. The lowest BCUT2D eigenvalue weighted by Gasteiger charge is -2.25. The molecule has 0 radical (unpaired) electrons. The van der Waals surface area contributed by atoms with Crippen LogP contribution in [0.1, 0.15) is 41.2 Å². The molecule has 1 aromatic carbocycles. The molecule has 0 aliphatic heterocycles. The zero-order valence-electron chi connectivity index (χ0n) is 12.9. The minimum atomic E-state index is -3.84. The second-order valence-corrected chi connectivity index (χ2v) is 8.38. The van der Waals surface area contributed by atoms with Crippen molar-refractivity contribution in [2.75, 3.05) is 4.72 Å². The molecule has 1 aliphatic rings. The van der Waals surface area contributed by atoms with Crippen LogP contribution in [-0.4, -0.2) is 29.3 Å². The van der Waals surface area contributed by atoms with Crippen LogP contribution in [-0.2, 0) is 10.0 Å². The lowest BCUT2D eigenvalue weighted by Crippen LogP contribution is -2.18. The van der Waals surface area contributed by atoms with Crippen molar-refractivity contribution in [3.63, 3.8) is 0 Å². The minimum absolute atomic E-state index is 0.0345. The van der Waals surface area contributed by atoms with E-state index in [1.807, 2.05) is 0 Å². The molecule has 1 aromatic heterocycles. The van der Waals surface area contributed by atoms with E-state index in [9.17, 15) is 18.3 Å². The summed E-state index contributed by atoms with van der Waals surface area (Å²) in [6.07, 6.45) is 5.95. The highest BCUT2D eigenvalue weighted by Crippen LogP contribution is 2.32. The van der Waals surface area contributed by atoms with E-state index in [1.165, 1.54) is 24.5 Å². The Bertz CT molecular complexity index is 903. The molecular weight excluding hydrogens is 398 g/mol. The van der Waals surface area contributed by atoms with Crippen molar-refractivity contribution in [1.82, 2.24) is 9.78 Å². The van der Waals surface area contributed by atoms with Gasteiger partial charge in [0.05, 0.1) is 23.5 Å². The number of hydrogen-bond donors (Lipinski definition) is 2. The van der Waals surface area contributed by atoms with Crippen LogP contribution >= 0.6 is 15.9 Å². The van der Waals surface area contributed by atoms with Gasteiger partial charge in [-0.1, -0.05) is 15.9 Å². The quantitative estimate of drug-likeness (QED) is 0.783. The van der Waals surface area contributed by atoms with Gasteiger partial charge in [-0.3, -0.25) is 9.40 Å². The Morgan fingerprint density at radius 2 is 2.12 bits per heavy atom. The average molecular weight is 414 g/mol. The molecule has 3 rings (SSSR count). The molecule has 1 fully saturated rings. The third kappa shape index (κ3) is 3.18. The summed E-state index contributed by atoms with van der Waals surface area (Å²) in [5.41, 5.74) is 0.603. The van der Waals surface area contributed by atoms with Crippen LogP contribution < -0.4 is 4.72 Å². The molecule has 7 nitrogen and oxygen atoms in total. The standard InChI is InChI=1S/C15H16BrN3O4S/c1-9-13(15(20)21)5-10(16)6-14(9)18-24(22,23)12-7-17-19(8-12)11-3-2-4-11/h5-8,11,18H,2-4H2,1H3,(H,20,21). The van der Waals surface area contributed by atoms with Crippen molar-refractivity contribution in [2.24, 2.45) is 0 Å². The van der Waals surface area contributed by atoms with E-state index in [1.54, 1.807) is 11.6 Å². The fourth-order valence-corrected chi connectivity index (χ4v) is 4.03. The first-order valence-corrected chi connectivity index (χ1v) is 9.66. The van der Waals surface area contributed by atoms with Crippen molar-refractivity contribution in [1.29, 1.82) is 0 Å². The first-order valence-electron chi connectivity index (χ1n) is 7.38. The molecule has 1 aliphatic carbocycles. The summed E-state index contributed by atoms with van der Waals surface area (Å²) in [5.74, 6) is -1.12. The average Bonchev–Trinajstić information content (AvgIpc) is 2.90. The number of carbonyl (C=O) groups is 1. The molecule has 2 N–H and O–H groups in total. The van der Waals surface area contributed by atoms with Crippen LogP contribution in [0, 0.1) is 6.92 Å². The Hall–Kier alpha value is -1.87. The SMILES string of the molecule is Cc1c(NS(=O)(=O)c2cnn(C3CCC3)c2)cc(Br)cc1C(=O)O. The monoisotopic (exact) mass is 413 g/mol. The lowest BCUT2D eigenvalue weighted by atomic mass is 9.93. The molecule has 2 aromatic rings. The molecule has 128 valence electrons. The van der Waals surface area contributed by atoms with E-state index in [-0.39, 0.29) is 22.2 Å². The van der Waals surface area contributed by atoms with Crippen molar-refractivity contribution in [3.05, 3.63) is 40.1 Å². The van der Waals surface area contributed by atoms with E-state index in [0.29, 0.717) is 10.0 Å². The lowest BCUT2D eigenvalue weighted by molar-refractivity contribution is 0.0696. The maximum absolute atomic E-state index is 12.6. The van der Waals surface area contributed by atoms with Gasteiger partial charge in [-0.25, -0.2) is 13.2 Å². The smallest absolute Gasteiger partial charge is 0.336 e. The highest BCUT2D eigenvalue weighted by molar-refractivity contribution is 9.10. The molecular formula is C15H16BrN3O4S. The van der Waals surface area contributed by atoms with Gasteiger partial charge in [-0.2, -0.15) is 5.10 Å². The number of carboxylic acid groups (broad SMARTS) is 1. The molecule has 24 heavy (non-hydrogen) atoms. The number of nitrogens with one attached hydrogen (secondary N) is 1. The topological polar surface area (TPSA) is 101 Å². The van der Waals surface area contributed by atoms with Crippen LogP contribution in [0.25, 0.3) is 0 Å². The van der Waals surface area contributed by atoms with E-state index in [4.69, 9.17) is 0 Å². The molecule has 1 heterocycles. The number of hydrogen-bond acceptors (Lipinski definition) is 4. The number of benzene rings is 1. The highest BCUT2D eigenvalue weighted by atomic mass is 79.9. The zero-order valence-corrected chi connectivity index (χ0v) is 15.3. The van der Waals surface area contributed by atoms with E-state index in [2.05, 4.69) is 25.8 Å². The summed E-state index contributed by atoms with van der Waals surface area (Å²) in [5, 5.41) is 13.3. The van der Waals surface area contributed by atoms with Gasteiger partial charge in [0, 0.05) is 10.7 Å². The maximum atomic E-state index is 12.6. The van der Waals surface area contributed by atoms with Crippen LogP contribution in [0.5, 0.6) is 0 Å². The van der Waals surface area contributed by atoms with Gasteiger partial charge in [0.25, 0.3) is 10.0 Å². The van der Waals surface area contributed by atoms with E-state index < -0.39 is 16.0 Å². The van der Waals surface area contributed by atoms with Gasteiger partial charge in [-0.15, -0.1) is 0 Å². The number of anilines is 1. The number of halogens is 1. The van der Waals surface area contributed by atoms with Gasteiger partial charge in [0.15, 0.2) is 0 Å². The van der Waals surface area contributed by atoms with Gasteiger partial charge in [-0.05, 0) is 43.9 Å². The van der Waals surface area contributed by atoms with Gasteiger partial charge in [0.2, 0.25) is 0 Å². The maximum Gasteiger partial charge on any atom is 0.336 e. The first-order chi connectivity index (χ1) is 11.3. The number of aromatic carboxylic acids is 1. The van der Waals surface area contributed by atoms with Gasteiger partial charge >= 0.3 is 5.97 Å². The first kappa shape index (κ1) is 17.0.